The molecule has 0 bridgehead atoms. The summed E-state index contributed by atoms with van der Waals surface area (Å²) in [6, 6.07) is 69.3. The molecule has 13 rings (SSSR count). The summed E-state index contributed by atoms with van der Waals surface area (Å²) in [6.45, 7) is 0. The second-order valence-corrected chi connectivity index (χ2v) is 15.6. The molecule has 10 aromatic rings. The van der Waals surface area contributed by atoms with E-state index in [2.05, 4.69) is 176 Å². The van der Waals surface area contributed by atoms with E-state index in [-0.39, 0.29) is 0 Å². The van der Waals surface area contributed by atoms with Gasteiger partial charge < -0.3 is 0 Å². The van der Waals surface area contributed by atoms with Crippen LogP contribution in [0.4, 0.5) is 0 Å². The Hall–Kier alpha value is -7.42. The van der Waals surface area contributed by atoms with E-state index in [1.165, 1.54) is 99.8 Å². The maximum Gasteiger partial charge on any atom is 0.0905 e. The summed E-state index contributed by atoms with van der Waals surface area (Å²) in [7, 11) is 0. The Morgan fingerprint density at radius 1 is 0.333 bits per heavy atom. The highest BCUT2D eigenvalue weighted by atomic mass is 14.8. The molecule has 0 radical (unpaired) electrons. The van der Waals surface area contributed by atoms with Crippen molar-refractivity contribution in [2.45, 2.75) is 5.41 Å². The molecule has 0 fully saturated rings. The van der Waals surface area contributed by atoms with Crippen LogP contribution in [0.3, 0.4) is 0 Å². The van der Waals surface area contributed by atoms with E-state index in [4.69, 9.17) is 9.97 Å². The van der Waals surface area contributed by atoms with Gasteiger partial charge in [-0.05, 0) is 125 Å². The number of para-hydroxylation sites is 2. The van der Waals surface area contributed by atoms with Gasteiger partial charge in [0, 0.05) is 11.1 Å². The molecule has 2 heteroatoms. The Labute approximate surface area is 330 Å². The van der Waals surface area contributed by atoms with Crippen LogP contribution in [0.5, 0.6) is 0 Å². The third-order valence-electron chi connectivity index (χ3n) is 12.8. The zero-order chi connectivity index (χ0) is 37.2. The number of benzene rings is 9. The number of nitrogens with zero attached hydrogens (tertiary/aromatic N) is 2. The average molecular weight is 721 g/mol. The average Bonchev–Trinajstić information content (AvgIpc) is 3.88. The molecular formula is C55H32N2. The van der Waals surface area contributed by atoms with E-state index in [0.29, 0.717) is 0 Å². The van der Waals surface area contributed by atoms with Crippen molar-refractivity contribution in [2.75, 3.05) is 0 Å². The number of aromatic nitrogens is 2. The molecule has 0 amide bonds. The predicted molar refractivity (Wildman–Crippen MR) is 234 cm³/mol. The summed E-state index contributed by atoms with van der Waals surface area (Å²) in [6.07, 6.45) is 2.00. The normalized spacial score (nSPS) is 15.1. The van der Waals surface area contributed by atoms with E-state index < -0.39 is 5.41 Å². The molecule has 3 aliphatic carbocycles. The minimum absolute atomic E-state index is 0.554. The Bertz CT molecular complexity index is 3350. The van der Waals surface area contributed by atoms with Gasteiger partial charge in [0.25, 0.3) is 0 Å². The van der Waals surface area contributed by atoms with Gasteiger partial charge in [0.1, 0.15) is 0 Å². The predicted octanol–water partition coefficient (Wildman–Crippen LogP) is 13.8. The van der Waals surface area contributed by atoms with Gasteiger partial charge in [-0.1, -0.05) is 158 Å². The topological polar surface area (TPSA) is 25.8 Å². The summed E-state index contributed by atoms with van der Waals surface area (Å²) in [5.74, 6) is 0. The molecule has 0 saturated carbocycles. The molecule has 9 aromatic carbocycles. The second-order valence-electron chi connectivity index (χ2n) is 15.6. The standard InChI is InChI=1S/C55H32N2/c1-2-13-33(14-3-1)35-17-10-18-36(29-35)37-27-28-39-38-19-4-6-23-44(38)55(46(39)30-37)45-24-7-5-20-41(45)53-47(55)31-43-40-21-11-15-34-16-12-22-42(51(34)40)52(43)54(53)50-32-56-48-25-8-9-26-49(48)57-50/h1-32H. The molecule has 57 heavy (non-hydrogen) atoms. The Morgan fingerprint density at radius 2 is 0.947 bits per heavy atom. The van der Waals surface area contributed by atoms with Crippen LogP contribution in [0.25, 0.3) is 99.8 Å². The van der Waals surface area contributed by atoms with Crippen molar-refractivity contribution in [3.8, 4) is 78.0 Å². The molecule has 0 aliphatic heterocycles. The number of hydrogen-bond donors (Lipinski definition) is 0. The molecular weight excluding hydrogens is 689 g/mol. The van der Waals surface area contributed by atoms with E-state index in [1.54, 1.807) is 0 Å². The Morgan fingerprint density at radius 3 is 1.79 bits per heavy atom. The van der Waals surface area contributed by atoms with Crippen LogP contribution < -0.4 is 0 Å². The van der Waals surface area contributed by atoms with Gasteiger partial charge in [-0.2, -0.15) is 0 Å². The van der Waals surface area contributed by atoms with Crippen molar-refractivity contribution >= 4 is 21.8 Å². The van der Waals surface area contributed by atoms with E-state index >= 15 is 0 Å². The van der Waals surface area contributed by atoms with Crippen LogP contribution in [0.2, 0.25) is 0 Å². The lowest BCUT2D eigenvalue weighted by atomic mass is 9.69. The molecule has 1 spiro atoms. The number of hydrogen-bond acceptors (Lipinski definition) is 2. The third-order valence-corrected chi connectivity index (χ3v) is 12.8. The smallest absolute Gasteiger partial charge is 0.0905 e. The van der Waals surface area contributed by atoms with E-state index in [0.717, 1.165) is 22.3 Å². The first-order valence-electron chi connectivity index (χ1n) is 19.7. The summed E-state index contributed by atoms with van der Waals surface area (Å²) in [4.78, 5) is 10.5. The monoisotopic (exact) mass is 720 g/mol. The molecule has 1 heterocycles. The molecule has 2 nitrogen and oxygen atoms in total. The van der Waals surface area contributed by atoms with E-state index in [9.17, 15) is 0 Å². The third kappa shape index (κ3) is 4.04. The zero-order valence-corrected chi connectivity index (χ0v) is 30.9. The minimum atomic E-state index is -0.554. The summed E-state index contributed by atoms with van der Waals surface area (Å²) in [5, 5.41) is 2.56. The second kappa shape index (κ2) is 11.3. The molecule has 3 aliphatic rings. The summed E-state index contributed by atoms with van der Waals surface area (Å²) < 4.78 is 0. The lowest BCUT2D eigenvalue weighted by Crippen LogP contribution is -2.26. The highest BCUT2D eigenvalue weighted by Crippen LogP contribution is 2.67. The first kappa shape index (κ1) is 30.9. The fourth-order valence-corrected chi connectivity index (χ4v) is 10.6. The van der Waals surface area contributed by atoms with Crippen molar-refractivity contribution in [1.29, 1.82) is 0 Å². The molecule has 1 unspecified atom stereocenters. The van der Waals surface area contributed by atoms with Crippen LogP contribution in [-0.2, 0) is 5.41 Å². The van der Waals surface area contributed by atoms with Crippen molar-refractivity contribution in [2.24, 2.45) is 0 Å². The van der Waals surface area contributed by atoms with Crippen molar-refractivity contribution in [3.05, 3.63) is 217 Å². The Kier molecular flexibility index (Phi) is 6.13. The van der Waals surface area contributed by atoms with Gasteiger partial charge in [-0.3, -0.25) is 4.98 Å². The molecule has 262 valence electrons. The minimum Gasteiger partial charge on any atom is -0.252 e. The fourth-order valence-electron chi connectivity index (χ4n) is 10.6. The largest absolute Gasteiger partial charge is 0.252 e. The van der Waals surface area contributed by atoms with Gasteiger partial charge >= 0.3 is 0 Å². The van der Waals surface area contributed by atoms with Gasteiger partial charge in [-0.25, -0.2) is 4.98 Å². The Balaban J connectivity index is 1.16. The lowest BCUT2D eigenvalue weighted by Gasteiger charge is -2.31. The van der Waals surface area contributed by atoms with Crippen molar-refractivity contribution < 1.29 is 0 Å². The highest BCUT2D eigenvalue weighted by molar-refractivity contribution is 6.21. The fraction of sp³-hybridized carbons (Fsp3) is 0.0182. The molecule has 1 aromatic heterocycles. The van der Waals surface area contributed by atoms with Crippen LogP contribution in [-0.4, -0.2) is 9.97 Å². The maximum absolute atomic E-state index is 5.43. The quantitative estimate of drug-likeness (QED) is 0.182. The first-order valence-corrected chi connectivity index (χ1v) is 19.7. The molecule has 0 N–H and O–H groups in total. The highest BCUT2D eigenvalue weighted by Gasteiger charge is 2.53. The molecule has 1 atom stereocenters. The lowest BCUT2D eigenvalue weighted by molar-refractivity contribution is 0.794. The maximum atomic E-state index is 5.43. The van der Waals surface area contributed by atoms with Crippen LogP contribution in [0.1, 0.15) is 22.3 Å². The SMILES string of the molecule is c1ccc(-c2cccc(-c3ccc4c(c3)C3(c5ccccc5-4)c4ccccc4-c4c3cc3c(c4-c4cnc5ccccc5n4)-c4cccc5cccc-3c45)c2)cc1. The zero-order valence-electron chi connectivity index (χ0n) is 30.9. The number of fused-ring (bicyclic) bond motifs is 14. The first-order chi connectivity index (χ1) is 28.3. The van der Waals surface area contributed by atoms with Crippen molar-refractivity contribution in [1.82, 2.24) is 9.97 Å². The van der Waals surface area contributed by atoms with Gasteiger partial charge in [0.2, 0.25) is 0 Å². The van der Waals surface area contributed by atoms with Gasteiger partial charge in [0.15, 0.2) is 0 Å². The van der Waals surface area contributed by atoms with Crippen LogP contribution in [0.15, 0.2) is 194 Å². The van der Waals surface area contributed by atoms with E-state index in [1.807, 2.05) is 18.3 Å². The summed E-state index contributed by atoms with van der Waals surface area (Å²) >= 11 is 0. The van der Waals surface area contributed by atoms with Crippen molar-refractivity contribution in [3.63, 3.8) is 0 Å². The summed E-state index contributed by atoms with van der Waals surface area (Å²) in [5.41, 5.74) is 23.5. The van der Waals surface area contributed by atoms with Crippen LogP contribution >= 0.6 is 0 Å². The van der Waals surface area contributed by atoms with Crippen LogP contribution in [0, 0.1) is 0 Å². The van der Waals surface area contributed by atoms with Gasteiger partial charge in [0.05, 0.1) is 28.3 Å². The number of rotatable bonds is 3. The molecule has 0 saturated heterocycles. The van der Waals surface area contributed by atoms with Gasteiger partial charge in [-0.15, -0.1) is 0 Å².